The SMILES string of the molecule is CSc1nncc(C(C)NC(=O)O)n1. The molecule has 0 fully saturated rings. The standard InChI is InChI=1S/C7H10N4O2S/c1-4(9-7(12)13)5-3-8-11-6(10-5)14-2/h3-4,9H,1-2H3,(H,12,13). The van der Waals surface area contributed by atoms with Crippen LogP contribution in [0.25, 0.3) is 0 Å². The maximum atomic E-state index is 10.4. The summed E-state index contributed by atoms with van der Waals surface area (Å²) >= 11 is 1.36. The van der Waals surface area contributed by atoms with E-state index < -0.39 is 6.09 Å². The highest BCUT2D eigenvalue weighted by Gasteiger charge is 2.10. The monoisotopic (exact) mass is 214 g/mol. The molecule has 0 bridgehead atoms. The molecule has 76 valence electrons. The van der Waals surface area contributed by atoms with Crippen molar-refractivity contribution in [2.24, 2.45) is 0 Å². The molecular weight excluding hydrogens is 204 g/mol. The van der Waals surface area contributed by atoms with E-state index in [2.05, 4.69) is 20.5 Å². The van der Waals surface area contributed by atoms with Crippen LogP contribution in [0.5, 0.6) is 0 Å². The van der Waals surface area contributed by atoms with Gasteiger partial charge in [0.2, 0.25) is 5.16 Å². The Morgan fingerprint density at radius 3 is 3.00 bits per heavy atom. The van der Waals surface area contributed by atoms with E-state index in [0.717, 1.165) is 0 Å². The lowest BCUT2D eigenvalue weighted by Crippen LogP contribution is -2.25. The smallest absolute Gasteiger partial charge is 0.405 e. The Kier molecular flexibility index (Phi) is 3.63. The van der Waals surface area contributed by atoms with Gasteiger partial charge in [-0.15, -0.1) is 5.10 Å². The van der Waals surface area contributed by atoms with E-state index in [1.807, 2.05) is 6.26 Å². The molecule has 2 N–H and O–H groups in total. The van der Waals surface area contributed by atoms with Crippen LogP contribution in [0.3, 0.4) is 0 Å². The Labute approximate surface area is 85.1 Å². The maximum absolute atomic E-state index is 10.4. The first-order valence-electron chi connectivity index (χ1n) is 3.86. The van der Waals surface area contributed by atoms with Crippen LogP contribution < -0.4 is 5.32 Å². The predicted octanol–water partition coefficient (Wildman–Crippen LogP) is 0.922. The van der Waals surface area contributed by atoms with Gasteiger partial charge in [0.15, 0.2) is 0 Å². The Morgan fingerprint density at radius 1 is 1.71 bits per heavy atom. The zero-order chi connectivity index (χ0) is 10.6. The Hall–Kier alpha value is -1.37. The zero-order valence-electron chi connectivity index (χ0n) is 7.76. The van der Waals surface area contributed by atoms with Crippen LogP contribution in [0.4, 0.5) is 4.79 Å². The molecule has 0 aromatic carbocycles. The number of thioether (sulfide) groups is 1. The van der Waals surface area contributed by atoms with E-state index in [4.69, 9.17) is 5.11 Å². The maximum Gasteiger partial charge on any atom is 0.405 e. The molecule has 1 amide bonds. The molecule has 1 atom stereocenters. The second kappa shape index (κ2) is 4.75. The van der Waals surface area contributed by atoms with Crippen LogP contribution in [-0.4, -0.2) is 32.6 Å². The third kappa shape index (κ3) is 2.84. The van der Waals surface area contributed by atoms with Gasteiger partial charge in [0.1, 0.15) is 0 Å². The average molecular weight is 214 g/mol. The summed E-state index contributed by atoms with van der Waals surface area (Å²) in [6.45, 7) is 1.70. The highest BCUT2D eigenvalue weighted by atomic mass is 32.2. The van der Waals surface area contributed by atoms with Crippen LogP contribution in [0, 0.1) is 0 Å². The molecule has 1 aromatic heterocycles. The molecule has 1 rings (SSSR count). The first-order chi connectivity index (χ1) is 6.63. The molecule has 6 nitrogen and oxygen atoms in total. The topological polar surface area (TPSA) is 88.0 Å². The fraction of sp³-hybridized carbons (Fsp3) is 0.429. The molecule has 0 saturated carbocycles. The molecule has 7 heteroatoms. The number of nitrogens with one attached hydrogen (secondary N) is 1. The van der Waals surface area contributed by atoms with E-state index in [9.17, 15) is 4.79 Å². The van der Waals surface area contributed by atoms with Gasteiger partial charge in [0, 0.05) is 0 Å². The molecular formula is C7H10N4O2S. The van der Waals surface area contributed by atoms with Gasteiger partial charge in [0.05, 0.1) is 17.9 Å². The fourth-order valence-electron chi connectivity index (χ4n) is 0.853. The van der Waals surface area contributed by atoms with Gasteiger partial charge >= 0.3 is 6.09 Å². The number of amides is 1. The van der Waals surface area contributed by atoms with Crippen molar-refractivity contribution in [1.29, 1.82) is 0 Å². The lowest BCUT2D eigenvalue weighted by molar-refractivity contribution is 0.190. The van der Waals surface area contributed by atoms with Crippen molar-refractivity contribution in [3.63, 3.8) is 0 Å². The van der Waals surface area contributed by atoms with Crippen molar-refractivity contribution in [3.05, 3.63) is 11.9 Å². The summed E-state index contributed by atoms with van der Waals surface area (Å²) < 4.78 is 0. The summed E-state index contributed by atoms with van der Waals surface area (Å²) in [7, 11) is 0. The van der Waals surface area contributed by atoms with Gasteiger partial charge in [-0.2, -0.15) is 5.10 Å². The van der Waals surface area contributed by atoms with Crippen molar-refractivity contribution < 1.29 is 9.90 Å². The number of aromatic nitrogens is 3. The highest BCUT2D eigenvalue weighted by Crippen LogP contribution is 2.11. The van der Waals surface area contributed by atoms with Crippen LogP contribution in [0.15, 0.2) is 11.4 Å². The second-order valence-corrected chi connectivity index (χ2v) is 3.31. The average Bonchev–Trinajstić information content (AvgIpc) is 2.17. The lowest BCUT2D eigenvalue weighted by atomic mass is 10.2. The van der Waals surface area contributed by atoms with E-state index in [-0.39, 0.29) is 6.04 Å². The Balaban J connectivity index is 2.78. The fourth-order valence-corrected chi connectivity index (χ4v) is 1.18. The van der Waals surface area contributed by atoms with E-state index >= 15 is 0 Å². The van der Waals surface area contributed by atoms with Gasteiger partial charge in [0.25, 0.3) is 0 Å². The molecule has 0 aliphatic heterocycles. The first-order valence-corrected chi connectivity index (χ1v) is 5.09. The van der Waals surface area contributed by atoms with Crippen LogP contribution >= 0.6 is 11.8 Å². The van der Waals surface area contributed by atoms with Gasteiger partial charge in [-0.1, -0.05) is 11.8 Å². The van der Waals surface area contributed by atoms with Crippen LogP contribution in [0.2, 0.25) is 0 Å². The predicted molar refractivity (Wildman–Crippen MR) is 51.2 cm³/mol. The normalized spacial score (nSPS) is 12.1. The third-order valence-corrected chi connectivity index (χ3v) is 2.06. The number of hydrogen-bond donors (Lipinski definition) is 2. The molecule has 0 spiro atoms. The van der Waals surface area contributed by atoms with Gasteiger partial charge < -0.3 is 10.4 Å². The summed E-state index contributed by atoms with van der Waals surface area (Å²) in [6, 6.07) is -0.381. The quantitative estimate of drug-likeness (QED) is 0.727. The summed E-state index contributed by atoms with van der Waals surface area (Å²) in [5.41, 5.74) is 0.562. The number of carboxylic acid groups (broad SMARTS) is 1. The number of nitrogens with zero attached hydrogens (tertiary/aromatic N) is 3. The first kappa shape index (κ1) is 10.7. The molecule has 0 radical (unpaired) electrons. The Morgan fingerprint density at radius 2 is 2.43 bits per heavy atom. The molecule has 0 saturated heterocycles. The van der Waals surface area contributed by atoms with Gasteiger partial charge in [-0.3, -0.25) is 0 Å². The molecule has 1 unspecified atom stereocenters. The molecule has 0 aliphatic carbocycles. The minimum atomic E-state index is -1.08. The molecule has 1 aromatic rings. The summed E-state index contributed by atoms with van der Waals surface area (Å²) in [6.07, 6.45) is 2.19. The van der Waals surface area contributed by atoms with Crippen molar-refractivity contribution >= 4 is 17.9 Å². The van der Waals surface area contributed by atoms with E-state index in [1.165, 1.54) is 18.0 Å². The minimum Gasteiger partial charge on any atom is -0.465 e. The molecule has 1 heterocycles. The van der Waals surface area contributed by atoms with E-state index in [0.29, 0.717) is 10.9 Å². The summed E-state index contributed by atoms with van der Waals surface area (Å²) in [5.74, 6) is 0. The lowest BCUT2D eigenvalue weighted by Gasteiger charge is -2.09. The minimum absolute atomic E-state index is 0.381. The Bertz CT molecular complexity index is 333. The summed E-state index contributed by atoms with van der Waals surface area (Å²) in [5, 5.41) is 18.8. The van der Waals surface area contributed by atoms with Crippen LogP contribution in [0.1, 0.15) is 18.7 Å². The van der Waals surface area contributed by atoms with Gasteiger partial charge in [-0.25, -0.2) is 9.78 Å². The van der Waals surface area contributed by atoms with Crippen molar-refractivity contribution in [3.8, 4) is 0 Å². The van der Waals surface area contributed by atoms with Crippen molar-refractivity contribution in [2.75, 3.05) is 6.26 Å². The van der Waals surface area contributed by atoms with Crippen LogP contribution in [-0.2, 0) is 0 Å². The summed E-state index contributed by atoms with van der Waals surface area (Å²) in [4.78, 5) is 14.5. The molecule has 14 heavy (non-hydrogen) atoms. The number of carbonyl (C=O) groups is 1. The van der Waals surface area contributed by atoms with Crippen molar-refractivity contribution in [1.82, 2.24) is 20.5 Å². The largest absolute Gasteiger partial charge is 0.465 e. The third-order valence-electron chi connectivity index (χ3n) is 1.52. The second-order valence-electron chi connectivity index (χ2n) is 2.54. The highest BCUT2D eigenvalue weighted by molar-refractivity contribution is 7.98. The molecule has 0 aliphatic rings. The number of hydrogen-bond acceptors (Lipinski definition) is 5. The van der Waals surface area contributed by atoms with Crippen molar-refractivity contribution in [2.45, 2.75) is 18.1 Å². The zero-order valence-corrected chi connectivity index (χ0v) is 8.58. The van der Waals surface area contributed by atoms with Gasteiger partial charge in [-0.05, 0) is 13.2 Å². The number of rotatable bonds is 3. The van der Waals surface area contributed by atoms with E-state index in [1.54, 1.807) is 6.92 Å².